The molecule has 0 saturated carbocycles. The number of nitrogens with zero attached hydrogens (tertiary/aromatic N) is 2. The lowest BCUT2D eigenvalue weighted by molar-refractivity contribution is -0.0939. The second-order valence-corrected chi connectivity index (χ2v) is 11.6. The van der Waals surface area contributed by atoms with Gasteiger partial charge in [0.2, 0.25) is 5.95 Å². The third-order valence-corrected chi connectivity index (χ3v) is 8.42. The van der Waals surface area contributed by atoms with Gasteiger partial charge < -0.3 is 35.4 Å². The number of benzene rings is 2. The normalized spacial score (nSPS) is 21.7. The molecular weight excluding hydrogens is 556 g/mol. The first-order chi connectivity index (χ1) is 21.4. The summed E-state index contributed by atoms with van der Waals surface area (Å²) in [6.45, 7) is 3.08. The summed E-state index contributed by atoms with van der Waals surface area (Å²) in [4.78, 5) is 4.79. The molecule has 9 heteroatoms. The van der Waals surface area contributed by atoms with Crippen molar-refractivity contribution in [3.8, 4) is 28.0 Å². The van der Waals surface area contributed by atoms with Crippen molar-refractivity contribution in [2.75, 3.05) is 32.1 Å². The van der Waals surface area contributed by atoms with Crippen molar-refractivity contribution in [3.63, 3.8) is 0 Å². The molecule has 230 valence electrons. The number of hydrogen-bond acceptors (Lipinski definition) is 8. The van der Waals surface area contributed by atoms with Crippen LogP contribution in [-0.2, 0) is 11.3 Å². The van der Waals surface area contributed by atoms with Crippen LogP contribution in [0.5, 0.6) is 5.75 Å². The standard InChI is InChI=1S/C35H40N4O5/c1-35(42)32(41)31(22-40)44-33(35)39-29-11-4-3-10-28(29)38-34(39)37-21-23-12-17-27(30(20-23)43-19-6-5-18-36-2)26-15-13-24-8-7-9-25(24)14-16-26/h3-4,7-17,20,31-33,36,40-42H,5-6,18-19,21-22H2,1-2H3,(H,37,38)/t31-,32-,33-,35?/m1/s1. The highest BCUT2D eigenvalue weighted by atomic mass is 16.6. The summed E-state index contributed by atoms with van der Waals surface area (Å²) >= 11 is 0. The van der Waals surface area contributed by atoms with Crippen molar-refractivity contribution in [1.82, 2.24) is 14.9 Å². The molecule has 0 spiro atoms. The lowest BCUT2D eigenvalue weighted by Gasteiger charge is -2.29. The van der Waals surface area contributed by atoms with Crippen LogP contribution in [-0.4, -0.2) is 69.5 Å². The van der Waals surface area contributed by atoms with Crippen LogP contribution in [0, 0.1) is 0 Å². The van der Waals surface area contributed by atoms with Crippen LogP contribution in [0.2, 0.25) is 0 Å². The van der Waals surface area contributed by atoms with Gasteiger partial charge in [0.25, 0.3) is 0 Å². The average molecular weight is 597 g/mol. The van der Waals surface area contributed by atoms with Crippen molar-refractivity contribution in [2.45, 2.75) is 50.3 Å². The van der Waals surface area contributed by atoms with Crippen molar-refractivity contribution in [3.05, 3.63) is 90.5 Å². The molecule has 2 aromatic carbocycles. The van der Waals surface area contributed by atoms with E-state index >= 15 is 0 Å². The Kier molecular flexibility index (Phi) is 8.83. The fourth-order valence-corrected chi connectivity index (χ4v) is 5.92. The Hall–Kier alpha value is -3.99. The van der Waals surface area contributed by atoms with Gasteiger partial charge in [0.05, 0.1) is 24.2 Å². The van der Waals surface area contributed by atoms with E-state index in [1.165, 1.54) is 18.1 Å². The summed E-state index contributed by atoms with van der Waals surface area (Å²) in [5.41, 5.74) is 5.27. The van der Waals surface area contributed by atoms with E-state index in [0.29, 0.717) is 24.6 Å². The van der Waals surface area contributed by atoms with E-state index in [-0.39, 0.29) is 0 Å². The van der Waals surface area contributed by atoms with Gasteiger partial charge in [-0.3, -0.25) is 4.57 Å². The first-order valence-electron chi connectivity index (χ1n) is 15.2. The largest absolute Gasteiger partial charge is 0.493 e. The van der Waals surface area contributed by atoms with Crippen LogP contribution in [0.25, 0.3) is 33.3 Å². The van der Waals surface area contributed by atoms with E-state index < -0.39 is 30.6 Å². The summed E-state index contributed by atoms with van der Waals surface area (Å²) in [7, 11) is 1.95. The van der Waals surface area contributed by atoms with Gasteiger partial charge in [0, 0.05) is 12.1 Å². The van der Waals surface area contributed by atoms with Gasteiger partial charge in [0.15, 0.2) is 6.23 Å². The topological polar surface area (TPSA) is 121 Å². The number of ether oxygens (including phenoxy) is 2. The van der Waals surface area contributed by atoms with Crippen LogP contribution in [0.4, 0.5) is 5.95 Å². The number of fused-ring (bicyclic) bond motifs is 2. The number of imidazole rings is 1. The molecule has 4 atom stereocenters. The minimum Gasteiger partial charge on any atom is -0.493 e. The minimum absolute atomic E-state index is 0.412. The van der Waals surface area contributed by atoms with Crippen LogP contribution in [0.1, 0.15) is 31.6 Å². The molecular formula is C35H40N4O5. The number of anilines is 1. The van der Waals surface area contributed by atoms with E-state index in [0.717, 1.165) is 47.3 Å². The number of rotatable bonds is 12. The minimum atomic E-state index is -1.65. The highest BCUT2D eigenvalue weighted by Gasteiger charge is 2.53. The maximum absolute atomic E-state index is 11.3. The predicted molar refractivity (Wildman–Crippen MR) is 172 cm³/mol. The number of hydrogen-bond donors (Lipinski definition) is 5. The van der Waals surface area contributed by atoms with Crippen molar-refractivity contribution in [1.29, 1.82) is 0 Å². The maximum Gasteiger partial charge on any atom is 0.206 e. The van der Waals surface area contributed by atoms with Gasteiger partial charge in [-0.05, 0) is 73.8 Å². The molecule has 0 bridgehead atoms. The number of aliphatic hydroxyl groups is 3. The lowest BCUT2D eigenvalue weighted by Crippen LogP contribution is -2.44. The van der Waals surface area contributed by atoms with Crippen molar-refractivity contribution >= 4 is 17.0 Å². The molecule has 3 aromatic rings. The number of unbranched alkanes of at least 4 members (excludes halogenated alkanes) is 1. The van der Waals surface area contributed by atoms with E-state index in [1.807, 2.05) is 31.3 Å². The van der Waals surface area contributed by atoms with Crippen molar-refractivity contribution in [2.24, 2.45) is 0 Å². The molecule has 9 nitrogen and oxygen atoms in total. The van der Waals surface area contributed by atoms with Crippen molar-refractivity contribution < 1.29 is 24.8 Å². The molecule has 3 aliphatic rings. The molecule has 0 radical (unpaired) electrons. The lowest BCUT2D eigenvalue weighted by atomic mass is 9.96. The van der Waals surface area contributed by atoms with Gasteiger partial charge in [-0.25, -0.2) is 4.98 Å². The molecule has 44 heavy (non-hydrogen) atoms. The van der Waals surface area contributed by atoms with Gasteiger partial charge in [-0.2, -0.15) is 0 Å². The third kappa shape index (κ3) is 5.89. The third-order valence-electron chi connectivity index (χ3n) is 8.42. The van der Waals surface area contributed by atoms with Crippen LogP contribution < -0.4 is 15.4 Å². The summed E-state index contributed by atoms with van der Waals surface area (Å²) < 4.78 is 14.1. The quantitative estimate of drug-likeness (QED) is 0.130. The van der Waals surface area contributed by atoms with Crippen LogP contribution >= 0.6 is 0 Å². The zero-order valence-electron chi connectivity index (χ0n) is 25.1. The number of nitrogens with one attached hydrogen (secondary N) is 2. The van der Waals surface area contributed by atoms with E-state index in [4.69, 9.17) is 14.5 Å². The molecule has 1 fully saturated rings. The predicted octanol–water partition coefficient (Wildman–Crippen LogP) is 4.80. The number of aromatic nitrogens is 2. The summed E-state index contributed by atoms with van der Waals surface area (Å²) in [5, 5.41) is 38.3. The Morgan fingerprint density at radius 3 is 2.43 bits per heavy atom. The second kappa shape index (κ2) is 12.9. The van der Waals surface area contributed by atoms with E-state index in [9.17, 15) is 15.3 Å². The molecule has 1 aromatic heterocycles. The monoisotopic (exact) mass is 596 g/mol. The smallest absolute Gasteiger partial charge is 0.206 e. The van der Waals surface area contributed by atoms with E-state index in [2.05, 4.69) is 71.3 Å². The highest BCUT2D eigenvalue weighted by molar-refractivity contribution is 5.79. The molecule has 1 saturated heterocycles. The van der Waals surface area contributed by atoms with Crippen LogP contribution in [0.15, 0.2) is 84.9 Å². The first kappa shape index (κ1) is 30.1. The highest BCUT2D eigenvalue weighted by Crippen LogP contribution is 2.42. The number of para-hydroxylation sites is 2. The first-order valence-corrected chi connectivity index (χ1v) is 15.2. The maximum atomic E-state index is 11.3. The fraction of sp³-hybridized carbons (Fsp3) is 0.343. The second-order valence-electron chi connectivity index (χ2n) is 11.6. The average Bonchev–Trinajstić information content (AvgIpc) is 3.65. The molecule has 2 aliphatic carbocycles. The Morgan fingerprint density at radius 2 is 1.70 bits per heavy atom. The van der Waals surface area contributed by atoms with Gasteiger partial charge >= 0.3 is 0 Å². The van der Waals surface area contributed by atoms with Crippen LogP contribution in [0.3, 0.4) is 0 Å². The molecule has 6 rings (SSSR count). The Balaban J connectivity index is 1.30. The fourth-order valence-electron chi connectivity index (χ4n) is 5.92. The Morgan fingerprint density at radius 1 is 0.955 bits per heavy atom. The molecule has 2 heterocycles. The molecule has 5 N–H and O–H groups in total. The van der Waals surface area contributed by atoms with Gasteiger partial charge in [-0.15, -0.1) is 0 Å². The zero-order chi connectivity index (χ0) is 30.7. The van der Waals surface area contributed by atoms with Gasteiger partial charge in [-0.1, -0.05) is 66.7 Å². The Bertz CT molecular complexity index is 1650. The molecule has 0 amide bonds. The number of aliphatic hydroxyl groups excluding tert-OH is 2. The SMILES string of the molecule is CNCCCCOc1cc(CNc2nc3ccccc3n2[C@@H]2O[C@H](CO)[C@@H](O)C2(C)O)ccc1-c1ccc2cccc-2cc1. The van der Waals surface area contributed by atoms with E-state index in [1.54, 1.807) is 4.57 Å². The summed E-state index contributed by atoms with van der Waals surface area (Å²) in [6, 6.07) is 28.6. The Labute approximate surface area is 257 Å². The summed E-state index contributed by atoms with van der Waals surface area (Å²) in [5.74, 6) is 1.29. The van der Waals surface area contributed by atoms with Gasteiger partial charge in [0.1, 0.15) is 23.6 Å². The molecule has 1 unspecified atom stereocenters. The summed E-state index contributed by atoms with van der Waals surface area (Å²) in [6.07, 6.45) is -1.18. The molecule has 1 aliphatic heterocycles. The zero-order valence-corrected chi connectivity index (χ0v) is 25.1.